The van der Waals surface area contributed by atoms with Gasteiger partial charge in [-0.1, -0.05) is 17.7 Å². The van der Waals surface area contributed by atoms with Crippen LogP contribution in [0.5, 0.6) is 0 Å². The van der Waals surface area contributed by atoms with Crippen LogP contribution in [0.3, 0.4) is 0 Å². The molecule has 0 atom stereocenters. The van der Waals surface area contributed by atoms with Gasteiger partial charge in [0.1, 0.15) is 16.5 Å². The Morgan fingerprint density at radius 1 is 1.10 bits per heavy atom. The summed E-state index contributed by atoms with van der Waals surface area (Å²) in [6, 6.07) is 6.76. The first-order valence-electron chi connectivity index (χ1n) is 5.33. The lowest BCUT2D eigenvalue weighted by Gasteiger charge is -2.11. The van der Waals surface area contributed by atoms with E-state index in [9.17, 15) is 17.2 Å². The van der Waals surface area contributed by atoms with Crippen molar-refractivity contribution in [2.45, 2.75) is 4.90 Å². The van der Waals surface area contributed by atoms with E-state index in [0.29, 0.717) is 0 Å². The number of rotatable bonds is 3. The number of nitrogens with two attached hydrogens (primary N) is 1. The highest BCUT2D eigenvalue weighted by molar-refractivity contribution is 7.92. The standard InChI is InChI=1S/C12H9ClF2N2O2S/c13-7-4-5-8(14)11(6-7)17-20(18,19)12-9(15)2-1-3-10(12)16/h1-6,17H,16H2. The summed E-state index contributed by atoms with van der Waals surface area (Å²) in [6.07, 6.45) is 0. The average Bonchev–Trinajstić information content (AvgIpc) is 2.33. The van der Waals surface area contributed by atoms with Crippen molar-refractivity contribution >= 4 is 33.0 Å². The average molecular weight is 319 g/mol. The third-order valence-corrected chi connectivity index (χ3v) is 4.13. The minimum atomic E-state index is -4.36. The molecule has 3 N–H and O–H groups in total. The van der Waals surface area contributed by atoms with Crippen LogP contribution < -0.4 is 10.5 Å². The van der Waals surface area contributed by atoms with Crippen molar-refractivity contribution in [3.05, 3.63) is 53.1 Å². The van der Waals surface area contributed by atoms with Crippen LogP contribution in [0.25, 0.3) is 0 Å². The van der Waals surface area contributed by atoms with Crippen LogP contribution >= 0.6 is 11.6 Å². The molecule has 0 saturated carbocycles. The molecule has 0 saturated heterocycles. The second kappa shape index (κ2) is 5.26. The van der Waals surface area contributed by atoms with E-state index >= 15 is 0 Å². The van der Waals surface area contributed by atoms with E-state index in [2.05, 4.69) is 0 Å². The molecule has 20 heavy (non-hydrogen) atoms. The van der Waals surface area contributed by atoms with Gasteiger partial charge in [0.15, 0.2) is 0 Å². The Morgan fingerprint density at radius 3 is 2.45 bits per heavy atom. The van der Waals surface area contributed by atoms with E-state index in [1.54, 1.807) is 0 Å². The zero-order chi connectivity index (χ0) is 14.9. The van der Waals surface area contributed by atoms with Crippen LogP contribution in [0.2, 0.25) is 5.02 Å². The number of halogens is 3. The van der Waals surface area contributed by atoms with Gasteiger partial charge in [0.2, 0.25) is 0 Å². The maximum absolute atomic E-state index is 13.6. The first-order chi connectivity index (χ1) is 9.31. The summed E-state index contributed by atoms with van der Waals surface area (Å²) in [7, 11) is -4.36. The minimum Gasteiger partial charge on any atom is -0.398 e. The van der Waals surface area contributed by atoms with Gasteiger partial charge in [-0.3, -0.25) is 4.72 Å². The van der Waals surface area contributed by atoms with Gasteiger partial charge in [0, 0.05) is 5.02 Å². The van der Waals surface area contributed by atoms with Gasteiger partial charge < -0.3 is 5.73 Å². The van der Waals surface area contributed by atoms with Crippen LogP contribution in [0, 0.1) is 11.6 Å². The Hall–Kier alpha value is -1.86. The Balaban J connectivity index is 2.49. The summed E-state index contributed by atoms with van der Waals surface area (Å²) in [5.41, 5.74) is 4.78. The number of anilines is 2. The lowest BCUT2D eigenvalue weighted by atomic mass is 10.3. The van der Waals surface area contributed by atoms with E-state index < -0.39 is 26.6 Å². The van der Waals surface area contributed by atoms with Crippen molar-refractivity contribution in [3.8, 4) is 0 Å². The lowest BCUT2D eigenvalue weighted by molar-refractivity contribution is 0.571. The molecule has 0 aromatic heterocycles. The predicted molar refractivity (Wildman–Crippen MR) is 73.0 cm³/mol. The van der Waals surface area contributed by atoms with Crippen LogP contribution in [0.15, 0.2) is 41.3 Å². The monoisotopic (exact) mass is 318 g/mol. The summed E-state index contributed by atoms with van der Waals surface area (Å²) >= 11 is 5.65. The zero-order valence-electron chi connectivity index (χ0n) is 9.90. The molecular weight excluding hydrogens is 310 g/mol. The summed E-state index contributed by atoms with van der Waals surface area (Å²) < 4.78 is 53.2. The molecule has 2 aromatic carbocycles. The predicted octanol–water partition coefficient (Wildman–Crippen LogP) is 3.00. The molecule has 0 aliphatic carbocycles. The van der Waals surface area contributed by atoms with E-state index in [1.165, 1.54) is 18.2 Å². The van der Waals surface area contributed by atoms with Crippen molar-refractivity contribution < 1.29 is 17.2 Å². The molecule has 8 heteroatoms. The topological polar surface area (TPSA) is 72.2 Å². The number of nitrogens with one attached hydrogen (secondary N) is 1. The third kappa shape index (κ3) is 2.83. The number of sulfonamides is 1. The molecule has 0 aliphatic rings. The van der Waals surface area contributed by atoms with Crippen LogP contribution in [0.4, 0.5) is 20.2 Å². The quantitative estimate of drug-likeness (QED) is 0.854. The van der Waals surface area contributed by atoms with Crippen molar-refractivity contribution in [3.63, 3.8) is 0 Å². The van der Waals surface area contributed by atoms with Crippen molar-refractivity contribution in [2.75, 3.05) is 10.5 Å². The molecule has 0 bridgehead atoms. The molecule has 0 amide bonds. The van der Waals surface area contributed by atoms with Gasteiger partial charge in [-0.05, 0) is 30.3 Å². The fourth-order valence-corrected chi connectivity index (χ4v) is 3.00. The van der Waals surface area contributed by atoms with Crippen molar-refractivity contribution in [2.24, 2.45) is 0 Å². The fraction of sp³-hybridized carbons (Fsp3) is 0. The summed E-state index contributed by atoms with van der Waals surface area (Å²) in [6.45, 7) is 0. The second-order valence-electron chi connectivity index (χ2n) is 3.89. The molecule has 0 radical (unpaired) electrons. The number of nitrogen functional groups attached to an aromatic ring is 1. The van der Waals surface area contributed by atoms with E-state index in [-0.39, 0.29) is 16.4 Å². The Bertz CT molecular complexity index is 746. The molecule has 0 heterocycles. The van der Waals surface area contributed by atoms with E-state index in [4.69, 9.17) is 17.3 Å². The normalized spacial score (nSPS) is 11.3. The molecule has 0 aliphatic heterocycles. The third-order valence-electron chi connectivity index (χ3n) is 2.44. The molecule has 2 rings (SSSR count). The zero-order valence-corrected chi connectivity index (χ0v) is 11.5. The summed E-state index contributed by atoms with van der Waals surface area (Å²) in [5.74, 6) is -1.87. The smallest absolute Gasteiger partial charge is 0.266 e. The van der Waals surface area contributed by atoms with Gasteiger partial charge in [-0.15, -0.1) is 0 Å². The van der Waals surface area contributed by atoms with Crippen molar-refractivity contribution in [1.82, 2.24) is 0 Å². The lowest BCUT2D eigenvalue weighted by Crippen LogP contribution is -2.17. The molecule has 106 valence electrons. The van der Waals surface area contributed by atoms with Crippen LogP contribution in [0.1, 0.15) is 0 Å². The van der Waals surface area contributed by atoms with E-state index in [1.807, 2.05) is 4.72 Å². The second-order valence-corrected chi connectivity index (χ2v) is 5.94. The first kappa shape index (κ1) is 14.5. The molecule has 4 nitrogen and oxygen atoms in total. The number of hydrogen-bond donors (Lipinski definition) is 2. The fourth-order valence-electron chi connectivity index (χ4n) is 1.58. The highest BCUT2D eigenvalue weighted by Gasteiger charge is 2.23. The maximum atomic E-state index is 13.6. The number of benzene rings is 2. The van der Waals surface area contributed by atoms with Gasteiger partial charge in [-0.25, -0.2) is 17.2 Å². The molecule has 2 aromatic rings. The molecule has 0 spiro atoms. The highest BCUT2D eigenvalue weighted by Crippen LogP contribution is 2.26. The summed E-state index contributed by atoms with van der Waals surface area (Å²) in [5, 5.41) is 0.130. The Kier molecular flexibility index (Phi) is 3.82. The van der Waals surface area contributed by atoms with Gasteiger partial charge >= 0.3 is 0 Å². The van der Waals surface area contributed by atoms with E-state index in [0.717, 1.165) is 18.2 Å². The maximum Gasteiger partial charge on any atom is 0.266 e. The first-order valence-corrected chi connectivity index (χ1v) is 7.19. The van der Waals surface area contributed by atoms with Crippen LogP contribution in [-0.4, -0.2) is 8.42 Å². The van der Waals surface area contributed by atoms with Gasteiger partial charge in [0.25, 0.3) is 10.0 Å². The molecule has 0 fully saturated rings. The SMILES string of the molecule is Nc1cccc(F)c1S(=O)(=O)Nc1cc(Cl)ccc1F. The largest absolute Gasteiger partial charge is 0.398 e. The highest BCUT2D eigenvalue weighted by atomic mass is 35.5. The van der Waals surface area contributed by atoms with Crippen LogP contribution in [-0.2, 0) is 10.0 Å². The molecule has 0 unspecified atom stereocenters. The molecular formula is C12H9ClF2N2O2S. The van der Waals surface area contributed by atoms with Gasteiger partial charge in [0.05, 0.1) is 11.4 Å². The number of hydrogen-bond acceptors (Lipinski definition) is 3. The minimum absolute atomic E-state index is 0.130. The Labute approximate surface area is 119 Å². The Morgan fingerprint density at radius 2 is 1.80 bits per heavy atom. The van der Waals surface area contributed by atoms with Gasteiger partial charge in [-0.2, -0.15) is 0 Å². The van der Waals surface area contributed by atoms with Crippen molar-refractivity contribution in [1.29, 1.82) is 0 Å². The summed E-state index contributed by atoms with van der Waals surface area (Å²) in [4.78, 5) is -0.737.